The van der Waals surface area contributed by atoms with Crippen LogP contribution in [0.15, 0.2) is 29.2 Å². The number of rotatable bonds is 4. The molecule has 244 valence electrons. The Bertz CT molecular complexity index is 2110. The van der Waals surface area contributed by atoms with Crippen LogP contribution in [0.1, 0.15) is 85.1 Å². The fraction of sp³-hybridized carbons (Fsp3) is 0.361. The Morgan fingerprint density at radius 1 is 1.00 bits per heavy atom. The maximum atomic E-state index is 13.0. The largest absolute Gasteiger partial charge is 0.478 e. The Labute approximate surface area is 292 Å². The topological polar surface area (TPSA) is 90.1 Å². The van der Waals surface area contributed by atoms with Crippen molar-refractivity contribution in [3.8, 4) is 11.5 Å². The molecule has 4 aliphatic heterocycles. The number of aryl methyl sites for hydroxylation is 1. The number of thioether (sulfide) groups is 1. The van der Waals surface area contributed by atoms with Crippen molar-refractivity contribution in [3.63, 3.8) is 0 Å². The van der Waals surface area contributed by atoms with E-state index in [1.165, 1.54) is 11.3 Å². The summed E-state index contributed by atoms with van der Waals surface area (Å²) in [5, 5.41) is 20.3. The number of hydrogen-bond donors (Lipinski definition) is 2. The van der Waals surface area contributed by atoms with E-state index in [1.807, 2.05) is 12.1 Å². The zero-order valence-electron chi connectivity index (χ0n) is 26.5. The number of halogens is 3. The van der Waals surface area contributed by atoms with Crippen LogP contribution in [0, 0.1) is 0 Å². The molecule has 0 radical (unpaired) electrons. The van der Waals surface area contributed by atoms with Gasteiger partial charge in [0.15, 0.2) is 5.54 Å². The van der Waals surface area contributed by atoms with Crippen molar-refractivity contribution >= 4 is 74.7 Å². The van der Waals surface area contributed by atoms with Gasteiger partial charge in [0.05, 0.1) is 31.6 Å². The molecule has 7 rings (SSSR count). The van der Waals surface area contributed by atoms with E-state index in [4.69, 9.17) is 39.5 Å². The second-order valence-corrected chi connectivity index (χ2v) is 15.1. The quantitative estimate of drug-likeness (QED) is 0.125. The third-order valence-corrected chi connectivity index (χ3v) is 12.0. The van der Waals surface area contributed by atoms with Gasteiger partial charge in [-0.3, -0.25) is 0 Å². The lowest BCUT2D eigenvalue weighted by molar-refractivity contribution is 0.0696. The summed E-state index contributed by atoms with van der Waals surface area (Å²) in [5.74, 6) is -0.0739. The molecule has 0 bridgehead atoms. The van der Waals surface area contributed by atoms with E-state index < -0.39 is 11.3 Å². The molecule has 0 aliphatic carbocycles. The van der Waals surface area contributed by atoms with Crippen molar-refractivity contribution in [1.82, 2.24) is 4.58 Å². The number of aromatic carboxylic acids is 1. The molecule has 0 atom stereocenters. The van der Waals surface area contributed by atoms with Gasteiger partial charge >= 0.3 is 11.3 Å². The molecule has 3 aromatic rings. The van der Waals surface area contributed by atoms with Gasteiger partial charge in [-0.1, -0.05) is 34.8 Å². The van der Waals surface area contributed by atoms with Crippen LogP contribution in [0.5, 0.6) is 11.5 Å². The van der Waals surface area contributed by atoms with Crippen molar-refractivity contribution in [2.45, 2.75) is 70.2 Å². The number of carboxylic acids is 1. The number of likely N-dealkylation sites (N-methyl/N-ethyl adjacent to an activating group) is 1. The lowest BCUT2D eigenvalue weighted by Gasteiger charge is -2.35. The van der Waals surface area contributed by atoms with Crippen molar-refractivity contribution in [1.29, 1.82) is 0 Å². The van der Waals surface area contributed by atoms with Crippen LogP contribution in [0.4, 0.5) is 10.5 Å². The number of carboxylic acid groups (broad SMARTS) is 2. The van der Waals surface area contributed by atoms with Gasteiger partial charge in [-0.15, -0.1) is 0 Å². The molecule has 11 heteroatoms. The first-order valence-corrected chi connectivity index (χ1v) is 17.8. The summed E-state index contributed by atoms with van der Waals surface area (Å²) in [6.07, 6.45) is 6.99. The number of hydrogen-bond acceptors (Lipinski definition) is 5. The van der Waals surface area contributed by atoms with E-state index >= 15 is 0 Å². The first kappa shape index (κ1) is 32.4. The summed E-state index contributed by atoms with van der Waals surface area (Å²) in [5.41, 5.74) is 6.43. The minimum Gasteiger partial charge on any atom is -0.478 e. The Hall–Kier alpha value is -3.17. The monoisotopic (exact) mass is 711 g/mol. The van der Waals surface area contributed by atoms with Gasteiger partial charge in [0, 0.05) is 65.7 Å². The first-order chi connectivity index (χ1) is 22.3. The predicted octanol–water partition coefficient (Wildman–Crippen LogP) is 8.26. The molecule has 0 fully saturated rings. The molecule has 0 spiro atoms. The van der Waals surface area contributed by atoms with E-state index in [1.54, 1.807) is 0 Å². The lowest BCUT2D eigenvalue weighted by Crippen LogP contribution is -2.49. The highest BCUT2D eigenvalue weighted by atomic mass is 35.5. The fourth-order valence-electron chi connectivity index (χ4n) is 8.03. The highest BCUT2D eigenvalue weighted by Gasteiger charge is 2.38. The van der Waals surface area contributed by atoms with Crippen LogP contribution < -0.4 is 24.8 Å². The normalized spacial score (nSPS) is 17.5. The number of carbonyl (C=O) groups is 2. The molecule has 7 nitrogen and oxygen atoms in total. The molecule has 0 unspecified atom stereocenters. The molecule has 4 aliphatic rings. The van der Waals surface area contributed by atoms with Crippen LogP contribution in [0.2, 0.25) is 15.1 Å². The number of ether oxygens (including phenoxy) is 1. The minimum atomic E-state index is -1.32. The molecule has 47 heavy (non-hydrogen) atoms. The molecular formula is C36H34Cl3N2O5S+. The van der Waals surface area contributed by atoms with Crippen molar-refractivity contribution < 1.29 is 24.5 Å². The van der Waals surface area contributed by atoms with Gasteiger partial charge in [0.1, 0.15) is 18.0 Å². The maximum absolute atomic E-state index is 13.0. The summed E-state index contributed by atoms with van der Waals surface area (Å²) in [6.45, 7) is 11.3. The molecule has 0 amide bonds. The smallest absolute Gasteiger partial charge is 0.369 e. The van der Waals surface area contributed by atoms with Gasteiger partial charge in [0.2, 0.25) is 5.36 Å². The van der Waals surface area contributed by atoms with Gasteiger partial charge in [-0.05, 0) is 87.1 Å². The molecule has 0 saturated heterocycles. The lowest BCUT2D eigenvalue weighted by atomic mass is 9.83. The molecule has 0 aromatic heterocycles. The van der Waals surface area contributed by atoms with Crippen LogP contribution >= 0.6 is 46.6 Å². The number of fused-ring (bicyclic) bond motifs is 4. The number of allylic oxidation sites excluding steroid dienone is 1. The van der Waals surface area contributed by atoms with Gasteiger partial charge < -0.3 is 19.8 Å². The highest BCUT2D eigenvalue weighted by Crippen LogP contribution is 2.52. The zero-order chi connectivity index (χ0) is 33.5. The summed E-state index contributed by atoms with van der Waals surface area (Å²) < 4.78 is 9.28. The van der Waals surface area contributed by atoms with Crippen molar-refractivity contribution in [2.75, 3.05) is 24.5 Å². The average Bonchev–Trinajstić information content (AvgIpc) is 3.22. The van der Waals surface area contributed by atoms with E-state index in [9.17, 15) is 19.8 Å². The van der Waals surface area contributed by atoms with Gasteiger partial charge in [-0.25, -0.2) is 14.2 Å². The van der Waals surface area contributed by atoms with Gasteiger partial charge in [0.25, 0.3) is 0 Å². The second kappa shape index (κ2) is 11.8. The Balaban J connectivity index is 1.70. The molecule has 4 heterocycles. The second-order valence-electron chi connectivity index (χ2n) is 13.0. The van der Waals surface area contributed by atoms with Crippen LogP contribution in [-0.4, -0.2) is 46.7 Å². The summed E-state index contributed by atoms with van der Waals surface area (Å²) in [7, 11) is 0. The third-order valence-electron chi connectivity index (χ3n) is 9.80. The van der Waals surface area contributed by atoms with Crippen molar-refractivity contribution in [2.24, 2.45) is 0 Å². The van der Waals surface area contributed by atoms with Gasteiger partial charge in [-0.2, -0.15) is 0 Å². The van der Waals surface area contributed by atoms with Crippen molar-refractivity contribution in [3.05, 3.63) is 83.3 Å². The Morgan fingerprint density at radius 2 is 1.74 bits per heavy atom. The SMILES string of the molecule is CC[N+]1=c2cc3c(cc2C(C)=CC1(C)C)=C(c1c(Cl)c(SC(=O)O)c(Cl)c(Cl)c1C(=O)O)c1cc2c4c(c1O3)CCCN4CCCC2. The molecule has 3 aromatic carbocycles. The minimum absolute atomic E-state index is 0.0110. The number of benzene rings is 3. The van der Waals surface area contributed by atoms with Crippen LogP contribution in [-0.2, 0) is 12.8 Å². The number of anilines is 1. The van der Waals surface area contributed by atoms with E-state index in [2.05, 4.69) is 49.3 Å². The summed E-state index contributed by atoms with van der Waals surface area (Å²) >= 11 is 20.8. The fourth-order valence-corrected chi connectivity index (χ4v) is 9.66. The van der Waals surface area contributed by atoms with E-state index in [0.29, 0.717) is 39.6 Å². The molecule has 0 saturated carbocycles. The Morgan fingerprint density at radius 3 is 2.45 bits per heavy atom. The molecule has 2 N–H and O–H groups in total. The number of nitrogens with zero attached hydrogens (tertiary/aromatic N) is 2. The Kier molecular flexibility index (Phi) is 8.10. The average molecular weight is 713 g/mol. The summed E-state index contributed by atoms with van der Waals surface area (Å²) in [6, 6.07) is 6.21. The van der Waals surface area contributed by atoms with E-state index in [-0.39, 0.29) is 36.6 Å². The molecular weight excluding hydrogens is 679 g/mol. The standard InChI is InChI=1S/C36H33Cl3N2O5S/c1-5-41-23-15-24-21(14-20(23)17(2)16-36(41,3)4)25(26-27(34(42)43)28(37)30(39)33(29(26)38)47-35(44)45)22-13-18-9-6-7-11-40-12-8-10-19(31(18)40)32(22)46-24/h13-16H,5-12H2,1-4H3,(H-,42,43,44,45)/p+1. The predicted molar refractivity (Wildman–Crippen MR) is 189 cm³/mol. The zero-order valence-corrected chi connectivity index (χ0v) is 29.6. The summed E-state index contributed by atoms with van der Waals surface area (Å²) in [4.78, 5) is 27.4. The maximum Gasteiger partial charge on any atom is 0.369 e. The van der Waals surface area contributed by atoms with E-state index in [0.717, 1.165) is 73.8 Å². The van der Waals surface area contributed by atoms with Crippen LogP contribution in [0.25, 0.3) is 11.1 Å². The van der Waals surface area contributed by atoms with Crippen LogP contribution in [0.3, 0.4) is 0 Å². The first-order valence-electron chi connectivity index (χ1n) is 15.8. The highest BCUT2D eigenvalue weighted by molar-refractivity contribution is 8.13. The third kappa shape index (κ3) is 5.06.